The molecular weight excluding hydrogens is 406 g/mol. The predicted octanol–water partition coefficient (Wildman–Crippen LogP) is 1.41. The van der Waals surface area contributed by atoms with E-state index in [-0.39, 0.29) is 23.9 Å². The maximum Gasteiger partial charge on any atom is 0.223 e. The van der Waals surface area contributed by atoms with E-state index >= 15 is 0 Å². The molecule has 9 heteroatoms. The van der Waals surface area contributed by atoms with Crippen molar-refractivity contribution >= 4 is 5.91 Å². The molecule has 9 nitrogen and oxygen atoms in total. The number of hydrogen-bond donors (Lipinski definition) is 4. The molecule has 3 fully saturated rings. The lowest BCUT2D eigenvalue weighted by Crippen LogP contribution is -2.50. The van der Waals surface area contributed by atoms with E-state index in [0.29, 0.717) is 24.9 Å². The average Bonchev–Trinajstić information content (AvgIpc) is 3.42. The summed E-state index contributed by atoms with van der Waals surface area (Å²) in [5.74, 6) is 0.514. The van der Waals surface area contributed by atoms with Gasteiger partial charge in [0.15, 0.2) is 0 Å². The second-order valence-corrected chi connectivity index (χ2v) is 9.90. The highest BCUT2D eigenvalue weighted by Crippen LogP contribution is 2.40. The molecule has 2 saturated carbocycles. The molecule has 2 aliphatic carbocycles. The van der Waals surface area contributed by atoms with Gasteiger partial charge in [-0.15, -0.1) is 0 Å². The van der Waals surface area contributed by atoms with Crippen LogP contribution < -0.4 is 16.2 Å². The lowest BCUT2D eigenvalue weighted by molar-refractivity contribution is -0.128. The fourth-order valence-corrected chi connectivity index (χ4v) is 5.93. The first kappa shape index (κ1) is 21.5. The van der Waals surface area contributed by atoms with Gasteiger partial charge in [0.05, 0.1) is 18.2 Å². The quantitative estimate of drug-likeness (QED) is 0.556. The topological polar surface area (TPSA) is 117 Å². The number of carbonyl (C=O) groups is 1. The summed E-state index contributed by atoms with van der Waals surface area (Å²) >= 11 is 0. The molecule has 1 saturated heterocycles. The normalized spacial score (nSPS) is 34.8. The maximum absolute atomic E-state index is 13.2. The van der Waals surface area contributed by atoms with Gasteiger partial charge < -0.3 is 10.4 Å². The van der Waals surface area contributed by atoms with Crippen molar-refractivity contribution in [1.29, 1.82) is 0 Å². The smallest absolute Gasteiger partial charge is 0.223 e. The number of hydrogen-bond acceptors (Lipinski definition) is 7. The molecule has 5 rings (SSSR count). The SMILES string of the molecule is Cc1cc(C2NNC3CCC(C(=O)N[C@@H]4CCC[C@](O)(Cn5cncn5)C4)CC32)ccn1. The van der Waals surface area contributed by atoms with Gasteiger partial charge in [0, 0.05) is 29.9 Å². The molecule has 172 valence electrons. The molecule has 3 aliphatic rings. The van der Waals surface area contributed by atoms with E-state index in [4.69, 9.17) is 0 Å². The highest BCUT2D eigenvalue weighted by molar-refractivity contribution is 5.79. The minimum absolute atomic E-state index is 0.000896. The average molecular weight is 440 g/mol. The Bertz CT molecular complexity index is 936. The van der Waals surface area contributed by atoms with Crippen LogP contribution in [0.1, 0.15) is 62.2 Å². The van der Waals surface area contributed by atoms with E-state index < -0.39 is 5.60 Å². The monoisotopic (exact) mass is 439 g/mol. The van der Waals surface area contributed by atoms with Crippen LogP contribution >= 0.6 is 0 Å². The summed E-state index contributed by atoms with van der Waals surface area (Å²) in [5, 5.41) is 18.5. The molecule has 0 bridgehead atoms. The molecule has 1 aliphatic heterocycles. The van der Waals surface area contributed by atoms with Crippen molar-refractivity contribution in [3.8, 4) is 0 Å². The van der Waals surface area contributed by atoms with Crippen LogP contribution in [0.4, 0.5) is 0 Å². The van der Waals surface area contributed by atoms with Crippen molar-refractivity contribution in [2.24, 2.45) is 11.8 Å². The van der Waals surface area contributed by atoms with E-state index in [1.54, 1.807) is 11.0 Å². The minimum atomic E-state index is -0.856. The molecule has 2 aromatic heterocycles. The van der Waals surface area contributed by atoms with Gasteiger partial charge in [0.2, 0.25) is 5.91 Å². The first-order chi connectivity index (χ1) is 15.5. The Morgan fingerprint density at radius 1 is 1.34 bits per heavy atom. The molecule has 4 N–H and O–H groups in total. The van der Waals surface area contributed by atoms with E-state index in [9.17, 15) is 9.90 Å². The second kappa shape index (κ2) is 8.88. The number of nitrogens with one attached hydrogen (secondary N) is 3. The van der Waals surface area contributed by atoms with Crippen LogP contribution in [0.2, 0.25) is 0 Å². The first-order valence-corrected chi connectivity index (χ1v) is 11.8. The van der Waals surface area contributed by atoms with E-state index in [2.05, 4.69) is 43.4 Å². The number of hydrazine groups is 1. The van der Waals surface area contributed by atoms with Crippen LogP contribution in [0.15, 0.2) is 31.0 Å². The standard InChI is InChI=1S/C23H33N7O2/c1-15-9-16(6-8-25-15)21-19-10-17(4-5-20(19)28-29-21)22(31)27-18-3-2-7-23(32,11-18)12-30-14-24-13-26-30/h6,8-9,13-14,17-21,28-29,32H,2-5,7,10-12H2,1H3,(H,27,31)/t17?,18-,19?,20?,21?,23-/m1/s1. The summed E-state index contributed by atoms with van der Waals surface area (Å²) in [7, 11) is 0. The van der Waals surface area contributed by atoms with Gasteiger partial charge in [-0.3, -0.25) is 19.9 Å². The van der Waals surface area contributed by atoms with Crippen LogP contribution in [0.5, 0.6) is 0 Å². The van der Waals surface area contributed by atoms with Gasteiger partial charge in [0.1, 0.15) is 12.7 Å². The number of aromatic nitrogens is 4. The van der Waals surface area contributed by atoms with Crippen LogP contribution in [0.25, 0.3) is 0 Å². The molecule has 32 heavy (non-hydrogen) atoms. The molecule has 0 aromatic carbocycles. The number of aliphatic hydroxyl groups is 1. The van der Waals surface area contributed by atoms with Gasteiger partial charge in [0.25, 0.3) is 0 Å². The summed E-state index contributed by atoms with van der Waals surface area (Å²) in [4.78, 5) is 21.5. The Hall–Kier alpha value is -2.36. The summed E-state index contributed by atoms with van der Waals surface area (Å²) < 4.78 is 1.67. The van der Waals surface area contributed by atoms with Crippen LogP contribution in [-0.4, -0.2) is 48.4 Å². The molecule has 2 aromatic rings. The molecular formula is C23H33N7O2. The zero-order valence-electron chi connectivity index (χ0n) is 18.6. The maximum atomic E-state index is 13.2. The number of aryl methyl sites for hydroxylation is 1. The van der Waals surface area contributed by atoms with Crippen LogP contribution in [0, 0.1) is 18.8 Å². The van der Waals surface area contributed by atoms with Crippen molar-refractivity contribution in [3.63, 3.8) is 0 Å². The molecule has 4 unspecified atom stereocenters. The van der Waals surface area contributed by atoms with Gasteiger partial charge in [-0.2, -0.15) is 5.10 Å². The Morgan fingerprint density at radius 2 is 2.25 bits per heavy atom. The number of fused-ring (bicyclic) bond motifs is 1. The largest absolute Gasteiger partial charge is 0.388 e. The predicted molar refractivity (Wildman–Crippen MR) is 118 cm³/mol. The Labute approximate surface area is 188 Å². The van der Waals surface area contributed by atoms with Crippen LogP contribution in [0.3, 0.4) is 0 Å². The second-order valence-electron chi connectivity index (χ2n) is 9.90. The van der Waals surface area contributed by atoms with E-state index in [1.165, 1.54) is 11.9 Å². The summed E-state index contributed by atoms with van der Waals surface area (Å²) in [6.45, 7) is 2.42. The lowest BCUT2D eigenvalue weighted by Gasteiger charge is -2.38. The Kier molecular flexibility index (Phi) is 5.96. The third-order valence-electron chi connectivity index (χ3n) is 7.49. The zero-order chi connectivity index (χ0) is 22.1. The Balaban J connectivity index is 1.20. The van der Waals surface area contributed by atoms with E-state index in [1.807, 2.05) is 13.1 Å². The number of amides is 1. The third-order valence-corrected chi connectivity index (χ3v) is 7.49. The fraction of sp³-hybridized carbons (Fsp3) is 0.652. The molecule has 1 amide bonds. The number of carbonyl (C=O) groups excluding carboxylic acids is 1. The van der Waals surface area contributed by atoms with Crippen molar-refractivity contribution < 1.29 is 9.90 Å². The Morgan fingerprint density at radius 3 is 3.06 bits per heavy atom. The van der Waals surface area contributed by atoms with Crippen molar-refractivity contribution in [2.45, 2.75) is 82.1 Å². The number of rotatable bonds is 5. The fourth-order valence-electron chi connectivity index (χ4n) is 5.93. The third kappa shape index (κ3) is 4.55. The van der Waals surface area contributed by atoms with Gasteiger partial charge in [-0.1, -0.05) is 0 Å². The number of pyridine rings is 1. The molecule has 3 heterocycles. The lowest BCUT2D eigenvalue weighted by atomic mass is 9.74. The van der Waals surface area contributed by atoms with Crippen molar-refractivity contribution in [2.75, 3.05) is 0 Å². The van der Waals surface area contributed by atoms with Gasteiger partial charge in [-0.05, 0) is 75.5 Å². The summed E-state index contributed by atoms with van der Waals surface area (Å²) in [5.41, 5.74) is 8.29. The highest BCUT2D eigenvalue weighted by Gasteiger charge is 2.43. The minimum Gasteiger partial charge on any atom is -0.388 e. The first-order valence-electron chi connectivity index (χ1n) is 11.8. The van der Waals surface area contributed by atoms with Gasteiger partial charge in [-0.25, -0.2) is 10.4 Å². The molecule has 6 atom stereocenters. The molecule has 0 spiro atoms. The highest BCUT2D eigenvalue weighted by atomic mass is 16.3. The summed E-state index contributed by atoms with van der Waals surface area (Å²) in [6, 6.07) is 4.78. The van der Waals surface area contributed by atoms with Crippen LogP contribution in [-0.2, 0) is 11.3 Å². The van der Waals surface area contributed by atoms with Gasteiger partial charge >= 0.3 is 0 Å². The zero-order valence-corrected chi connectivity index (χ0v) is 18.6. The summed E-state index contributed by atoms with van der Waals surface area (Å²) in [6.07, 6.45) is 10.8. The number of nitrogens with zero attached hydrogens (tertiary/aromatic N) is 4. The van der Waals surface area contributed by atoms with E-state index in [0.717, 1.165) is 44.2 Å². The van der Waals surface area contributed by atoms with Crippen molar-refractivity contribution in [3.05, 3.63) is 42.2 Å². The van der Waals surface area contributed by atoms with Crippen molar-refractivity contribution in [1.82, 2.24) is 35.9 Å². The molecule has 0 radical (unpaired) electrons.